The summed E-state index contributed by atoms with van der Waals surface area (Å²) in [5.74, 6) is -0.925. The van der Waals surface area contributed by atoms with Crippen LogP contribution in [0.5, 0.6) is 0 Å². The number of rotatable bonds is 5. The summed E-state index contributed by atoms with van der Waals surface area (Å²) in [6.07, 6.45) is 2.86. The molecule has 0 fully saturated rings. The molecule has 4 heteroatoms. The Bertz CT molecular complexity index is 253. The van der Waals surface area contributed by atoms with E-state index in [1.54, 1.807) is 19.9 Å². The Balaban J connectivity index is 3.52. The first-order valence-corrected chi connectivity index (χ1v) is 4.20. The zero-order valence-corrected chi connectivity index (χ0v) is 8.41. The standard InChI is InChI=1S/C10H14O4/c1-4-5-9(11)13-6-7-14-10(12)8(2)3/h4-5H,2,6-7H2,1,3H3/b5-4-. The number of carbonyl (C=O) groups excluding carboxylic acids is 2. The second-order valence-electron chi connectivity index (χ2n) is 2.58. The zero-order valence-electron chi connectivity index (χ0n) is 8.41. The second-order valence-corrected chi connectivity index (χ2v) is 2.58. The maximum Gasteiger partial charge on any atom is 0.333 e. The first kappa shape index (κ1) is 12.4. The van der Waals surface area contributed by atoms with Crippen LogP contribution in [0.4, 0.5) is 0 Å². The Labute approximate surface area is 83.2 Å². The predicted octanol–water partition coefficient (Wildman–Crippen LogP) is 1.22. The van der Waals surface area contributed by atoms with Crippen LogP contribution in [0.15, 0.2) is 24.3 Å². The van der Waals surface area contributed by atoms with Crippen molar-refractivity contribution in [1.82, 2.24) is 0 Å². The van der Waals surface area contributed by atoms with Gasteiger partial charge in [0.1, 0.15) is 13.2 Å². The van der Waals surface area contributed by atoms with Gasteiger partial charge < -0.3 is 9.47 Å². The number of ether oxygens (including phenoxy) is 2. The van der Waals surface area contributed by atoms with Gasteiger partial charge in [0.05, 0.1) is 0 Å². The molecule has 0 radical (unpaired) electrons. The molecule has 0 aromatic rings. The van der Waals surface area contributed by atoms with Gasteiger partial charge in [-0.2, -0.15) is 0 Å². The van der Waals surface area contributed by atoms with Gasteiger partial charge in [-0.05, 0) is 13.8 Å². The number of allylic oxidation sites excluding steroid dienone is 1. The Morgan fingerprint density at radius 1 is 1.29 bits per heavy atom. The molecule has 0 amide bonds. The van der Waals surface area contributed by atoms with Crippen LogP contribution in [-0.4, -0.2) is 25.2 Å². The summed E-state index contributed by atoms with van der Waals surface area (Å²) in [4.78, 5) is 21.6. The number of carbonyl (C=O) groups is 2. The highest BCUT2D eigenvalue weighted by molar-refractivity contribution is 5.86. The Morgan fingerprint density at radius 3 is 2.36 bits per heavy atom. The third-order valence-electron chi connectivity index (χ3n) is 1.21. The first-order chi connectivity index (χ1) is 6.57. The molecule has 78 valence electrons. The third-order valence-corrected chi connectivity index (χ3v) is 1.21. The molecule has 0 heterocycles. The molecular weight excluding hydrogens is 184 g/mol. The van der Waals surface area contributed by atoms with E-state index in [9.17, 15) is 9.59 Å². The lowest BCUT2D eigenvalue weighted by Crippen LogP contribution is -2.12. The quantitative estimate of drug-likeness (QED) is 0.378. The van der Waals surface area contributed by atoms with E-state index in [1.807, 2.05) is 0 Å². The summed E-state index contributed by atoms with van der Waals surface area (Å²) >= 11 is 0. The van der Waals surface area contributed by atoms with E-state index >= 15 is 0 Å². The highest BCUT2D eigenvalue weighted by Crippen LogP contribution is 1.91. The fraction of sp³-hybridized carbons (Fsp3) is 0.400. The van der Waals surface area contributed by atoms with Gasteiger partial charge in [-0.1, -0.05) is 12.7 Å². The van der Waals surface area contributed by atoms with Crippen LogP contribution in [0.3, 0.4) is 0 Å². The number of hydrogen-bond acceptors (Lipinski definition) is 4. The lowest BCUT2D eigenvalue weighted by atomic mass is 10.4. The average molecular weight is 198 g/mol. The van der Waals surface area contributed by atoms with Gasteiger partial charge in [0.15, 0.2) is 0 Å². The monoisotopic (exact) mass is 198 g/mol. The molecule has 0 aliphatic carbocycles. The zero-order chi connectivity index (χ0) is 11.0. The maximum atomic E-state index is 10.8. The van der Waals surface area contributed by atoms with Crippen LogP contribution in [0.25, 0.3) is 0 Å². The molecule has 14 heavy (non-hydrogen) atoms. The molecule has 0 N–H and O–H groups in total. The molecule has 0 saturated carbocycles. The van der Waals surface area contributed by atoms with Crippen LogP contribution < -0.4 is 0 Å². The van der Waals surface area contributed by atoms with Gasteiger partial charge in [-0.25, -0.2) is 9.59 Å². The van der Waals surface area contributed by atoms with Gasteiger partial charge >= 0.3 is 11.9 Å². The Kier molecular flexibility index (Phi) is 6.11. The molecule has 4 nitrogen and oxygen atoms in total. The Hall–Kier alpha value is -1.58. The van der Waals surface area contributed by atoms with Crippen molar-refractivity contribution in [2.24, 2.45) is 0 Å². The summed E-state index contributed by atoms with van der Waals surface area (Å²) in [5.41, 5.74) is 0.324. The third kappa shape index (κ3) is 5.99. The molecule has 0 rings (SSSR count). The van der Waals surface area contributed by atoms with Crippen molar-refractivity contribution in [2.45, 2.75) is 13.8 Å². The van der Waals surface area contributed by atoms with Crippen LogP contribution in [0.1, 0.15) is 13.8 Å². The highest BCUT2D eigenvalue weighted by atomic mass is 16.6. The van der Waals surface area contributed by atoms with Crippen molar-refractivity contribution < 1.29 is 19.1 Å². The molecule has 0 aliphatic rings. The van der Waals surface area contributed by atoms with Crippen LogP contribution in [0.2, 0.25) is 0 Å². The van der Waals surface area contributed by atoms with Gasteiger partial charge in [-0.15, -0.1) is 0 Å². The van der Waals surface area contributed by atoms with Crippen molar-refractivity contribution >= 4 is 11.9 Å². The van der Waals surface area contributed by atoms with E-state index in [-0.39, 0.29) is 13.2 Å². The van der Waals surface area contributed by atoms with Gasteiger partial charge in [0, 0.05) is 11.6 Å². The van der Waals surface area contributed by atoms with Crippen molar-refractivity contribution in [3.05, 3.63) is 24.3 Å². The minimum atomic E-state index is -0.480. The largest absolute Gasteiger partial charge is 0.459 e. The normalized spacial score (nSPS) is 9.86. The van der Waals surface area contributed by atoms with E-state index < -0.39 is 11.9 Å². The minimum absolute atomic E-state index is 0.0506. The van der Waals surface area contributed by atoms with Gasteiger partial charge in [-0.3, -0.25) is 0 Å². The van der Waals surface area contributed by atoms with E-state index in [0.29, 0.717) is 5.57 Å². The minimum Gasteiger partial charge on any atom is -0.459 e. The molecule has 0 bridgehead atoms. The summed E-state index contributed by atoms with van der Waals surface area (Å²) in [7, 11) is 0. The second kappa shape index (κ2) is 6.88. The molecular formula is C10H14O4. The summed E-state index contributed by atoms with van der Waals surface area (Å²) in [6.45, 7) is 6.77. The van der Waals surface area contributed by atoms with Crippen LogP contribution >= 0.6 is 0 Å². The molecule has 0 spiro atoms. The summed E-state index contributed by atoms with van der Waals surface area (Å²) < 4.78 is 9.37. The number of hydrogen-bond donors (Lipinski definition) is 0. The van der Waals surface area contributed by atoms with Gasteiger partial charge in [0.2, 0.25) is 0 Å². The predicted molar refractivity (Wildman–Crippen MR) is 51.5 cm³/mol. The lowest BCUT2D eigenvalue weighted by Gasteiger charge is -2.03. The molecule has 0 saturated heterocycles. The highest BCUT2D eigenvalue weighted by Gasteiger charge is 2.02. The summed E-state index contributed by atoms with van der Waals surface area (Å²) in [5, 5.41) is 0. The van der Waals surface area contributed by atoms with E-state index in [1.165, 1.54) is 6.08 Å². The van der Waals surface area contributed by atoms with Crippen LogP contribution in [0, 0.1) is 0 Å². The molecule has 0 aromatic heterocycles. The average Bonchev–Trinajstić information content (AvgIpc) is 2.12. The topological polar surface area (TPSA) is 52.6 Å². The smallest absolute Gasteiger partial charge is 0.333 e. The van der Waals surface area contributed by atoms with Crippen molar-refractivity contribution in [1.29, 1.82) is 0 Å². The van der Waals surface area contributed by atoms with Crippen molar-refractivity contribution in [3.63, 3.8) is 0 Å². The summed E-state index contributed by atoms with van der Waals surface area (Å²) in [6, 6.07) is 0. The Morgan fingerprint density at radius 2 is 1.86 bits per heavy atom. The van der Waals surface area contributed by atoms with E-state index in [0.717, 1.165) is 0 Å². The van der Waals surface area contributed by atoms with Crippen molar-refractivity contribution in [2.75, 3.05) is 13.2 Å². The molecule has 0 aromatic carbocycles. The molecule has 0 aliphatic heterocycles. The lowest BCUT2D eigenvalue weighted by molar-refractivity contribution is -0.146. The molecule has 0 atom stereocenters. The van der Waals surface area contributed by atoms with Gasteiger partial charge in [0.25, 0.3) is 0 Å². The maximum absolute atomic E-state index is 10.8. The SMILES string of the molecule is C=C(C)C(=O)OCCOC(=O)/C=C\C. The fourth-order valence-electron chi connectivity index (χ4n) is 0.584. The van der Waals surface area contributed by atoms with E-state index in [4.69, 9.17) is 4.74 Å². The van der Waals surface area contributed by atoms with E-state index in [2.05, 4.69) is 11.3 Å². The van der Waals surface area contributed by atoms with Crippen LogP contribution in [-0.2, 0) is 19.1 Å². The first-order valence-electron chi connectivity index (χ1n) is 4.20. The fourth-order valence-corrected chi connectivity index (χ4v) is 0.584. The molecule has 0 unspecified atom stereocenters. The number of esters is 2. The van der Waals surface area contributed by atoms with Crippen molar-refractivity contribution in [3.8, 4) is 0 Å².